The molecule has 1 aromatic heterocycles. The quantitative estimate of drug-likeness (QED) is 0.348. The molecule has 0 saturated carbocycles. The van der Waals surface area contributed by atoms with Gasteiger partial charge in [-0.05, 0) is 54.6 Å². The maximum atomic E-state index is 12.7. The van der Waals surface area contributed by atoms with Gasteiger partial charge in [0.25, 0.3) is 11.1 Å². The number of furan rings is 1. The van der Waals surface area contributed by atoms with Gasteiger partial charge in [0.05, 0.1) is 25.2 Å². The summed E-state index contributed by atoms with van der Waals surface area (Å²) in [5.74, 6) is 2.55. The van der Waals surface area contributed by atoms with Gasteiger partial charge in [-0.15, -0.1) is 6.42 Å². The van der Waals surface area contributed by atoms with E-state index in [2.05, 4.69) is 10.7 Å². The van der Waals surface area contributed by atoms with Crippen molar-refractivity contribution in [1.82, 2.24) is 4.90 Å². The van der Waals surface area contributed by atoms with Gasteiger partial charge in [0.1, 0.15) is 12.4 Å². The average molecular weight is 441 g/mol. The first kappa shape index (κ1) is 22.1. The molecular weight excluding hydrogens is 422 g/mol. The molecule has 2 heterocycles. The van der Waals surface area contributed by atoms with Crippen LogP contribution in [0.1, 0.15) is 28.8 Å². The van der Waals surface area contributed by atoms with Crippen molar-refractivity contribution < 1.29 is 33.0 Å². The highest BCUT2D eigenvalue weighted by molar-refractivity contribution is 8.18. The Morgan fingerprint density at radius 2 is 2.03 bits per heavy atom. The van der Waals surface area contributed by atoms with Crippen molar-refractivity contribution in [2.75, 3.05) is 20.3 Å². The Hall–Kier alpha value is -3.64. The molecule has 0 unspecified atom stereocenters. The van der Waals surface area contributed by atoms with Crippen LogP contribution >= 0.6 is 11.8 Å². The van der Waals surface area contributed by atoms with E-state index in [-0.39, 0.29) is 29.6 Å². The molecule has 9 heteroatoms. The van der Waals surface area contributed by atoms with E-state index in [1.54, 1.807) is 24.3 Å². The Kier molecular flexibility index (Phi) is 7.05. The van der Waals surface area contributed by atoms with Gasteiger partial charge in [0.2, 0.25) is 5.76 Å². The van der Waals surface area contributed by atoms with Gasteiger partial charge in [-0.2, -0.15) is 0 Å². The van der Waals surface area contributed by atoms with E-state index in [4.69, 9.17) is 20.3 Å². The Labute approximate surface area is 183 Å². The maximum absolute atomic E-state index is 12.7. The predicted molar refractivity (Wildman–Crippen MR) is 114 cm³/mol. The summed E-state index contributed by atoms with van der Waals surface area (Å²) in [4.78, 5) is 37.9. The second kappa shape index (κ2) is 9.91. The Morgan fingerprint density at radius 1 is 1.23 bits per heavy atom. The standard InChI is InChI=1S/C22H19NO7S/c1-4-10-29-16-8-6-14(11-18(16)28-5-2)12-19-20(24)23(22(26)31-19)13-15-7-9-17(30-15)21(25)27-3/h1,6-9,11-12H,5,10,13H2,2-3H3/b19-12+. The highest BCUT2D eigenvalue weighted by Gasteiger charge is 2.35. The van der Waals surface area contributed by atoms with Crippen molar-refractivity contribution in [3.05, 3.63) is 52.3 Å². The van der Waals surface area contributed by atoms with Crippen LogP contribution in [0.25, 0.3) is 6.08 Å². The third-order valence-electron chi connectivity index (χ3n) is 4.11. The molecule has 160 valence electrons. The zero-order chi connectivity index (χ0) is 22.4. The second-order valence-corrected chi connectivity index (χ2v) is 7.15. The number of carbonyl (C=O) groups is 3. The zero-order valence-electron chi connectivity index (χ0n) is 16.9. The van der Waals surface area contributed by atoms with E-state index in [1.165, 1.54) is 19.2 Å². The normalized spacial score (nSPS) is 14.6. The van der Waals surface area contributed by atoms with Gasteiger partial charge in [0, 0.05) is 0 Å². The van der Waals surface area contributed by atoms with Crippen molar-refractivity contribution >= 4 is 35.0 Å². The fourth-order valence-corrected chi connectivity index (χ4v) is 3.58. The van der Waals surface area contributed by atoms with E-state index in [1.807, 2.05) is 6.92 Å². The number of nitrogens with zero attached hydrogens (tertiary/aromatic N) is 1. The number of thioether (sulfide) groups is 1. The number of carbonyl (C=O) groups excluding carboxylic acids is 3. The fraction of sp³-hybridized carbons (Fsp3) is 0.227. The SMILES string of the molecule is C#CCOc1ccc(/C=C2/SC(=O)N(Cc3ccc(C(=O)OC)o3)C2=O)cc1OCC. The predicted octanol–water partition coefficient (Wildman–Crippen LogP) is 3.71. The molecule has 8 nitrogen and oxygen atoms in total. The van der Waals surface area contributed by atoms with E-state index < -0.39 is 17.1 Å². The molecule has 1 aliphatic heterocycles. The monoisotopic (exact) mass is 441 g/mol. The summed E-state index contributed by atoms with van der Waals surface area (Å²) >= 11 is 0.817. The fourth-order valence-electron chi connectivity index (χ4n) is 2.74. The summed E-state index contributed by atoms with van der Waals surface area (Å²) < 4.78 is 21.0. The van der Waals surface area contributed by atoms with Crippen molar-refractivity contribution in [3.63, 3.8) is 0 Å². The number of ether oxygens (including phenoxy) is 3. The molecule has 1 fully saturated rings. The summed E-state index contributed by atoms with van der Waals surface area (Å²) in [6.07, 6.45) is 6.82. The lowest BCUT2D eigenvalue weighted by molar-refractivity contribution is -0.123. The highest BCUT2D eigenvalue weighted by Crippen LogP contribution is 2.35. The molecule has 0 radical (unpaired) electrons. The number of hydrogen-bond acceptors (Lipinski definition) is 8. The number of terminal acetylenes is 1. The number of amides is 2. The Morgan fingerprint density at radius 3 is 2.74 bits per heavy atom. The van der Waals surface area contributed by atoms with Crippen LogP contribution in [0.5, 0.6) is 11.5 Å². The van der Waals surface area contributed by atoms with Crippen LogP contribution in [0.2, 0.25) is 0 Å². The number of imide groups is 1. The van der Waals surface area contributed by atoms with Gasteiger partial charge in [-0.3, -0.25) is 14.5 Å². The first-order valence-corrected chi connectivity index (χ1v) is 10.0. The van der Waals surface area contributed by atoms with Crippen LogP contribution < -0.4 is 9.47 Å². The molecule has 0 atom stereocenters. The summed E-state index contributed by atoms with van der Waals surface area (Å²) in [6.45, 7) is 2.26. The van der Waals surface area contributed by atoms with Gasteiger partial charge in [-0.1, -0.05) is 12.0 Å². The first-order chi connectivity index (χ1) is 15.0. The first-order valence-electron chi connectivity index (χ1n) is 9.22. The molecule has 3 rings (SSSR count). The molecule has 1 aromatic carbocycles. The lowest BCUT2D eigenvalue weighted by Gasteiger charge is -2.11. The largest absolute Gasteiger partial charge is 0.490 e. The van der Waals surface area contributed by atoms with E-state index in [0.29, 0.717) is 23.7 Å². The number of esters is 1. The molecular formula is C22H19NO7S. The molecule has 1 saturated heterocycles. The zero-order valence-corrected chi connectivity index (χ0v) is 17.7. The molecule has 0 spiro atoms. The van der Waals surface area contributed by atoms with Gasteiger partial charge >= 0.3 is 5.97 Å². The van der Waals surface area contributed by atoms with Crippen molar-refractivity contribution in [2.24, 2.45) is 0 Å². The molecule has 0 N–H and O–H groups in total. The van der Waals surface area contributed by atoms with Crippen LogP contribution in [0.15, 0.2) is 39.7 Å². The third-order valence-corrected chi connectivity index (χ3v) is 5.02. The van der Waals surface area contributed by atoms with E-state index >= 15 is 0 Å². The van der Waals surface area contributed by atoms with E-state index in [0.717, 1.165) is 16.7 Å². The van der Waals surface area contributed by atoms with Crippen LogP contribution in [0.4, 0.5) is 4.79 Å². The molecule has 0 bridgehead atoms. The highest BCUT2D eigenvalue weighted by atomic mass is 32.2. The minimum atomic E-state index is -0.639. The minimum absolute atomic E-state index is 0.00406. The number of rotatable bonds is 8. The summed E-state index contributed by atoms with van der Waals surface area (Å²) in [7, 11) is 1.23. The van der Waals surface area contributed by atoms with Crippen molar-refractivity contribution in [2.45, 2.75) is 13.5 Å². The average Bonchev–Trinajstić information content (AvgIpc) is 3.33. The molecule has 31 heavy (non-hydrogen) atoms. The second-order valence-electron chi connectivity index (χ2n) is 6.16. The lowest BCUT2D eigenvalue weighted by atomic mass is 10.2. The van der Waals surface area contributed by atoms with Gasteiger partial charge < -0.3 is 18.6 Å². The summed E-state index contributed by atoms with van der Waals surface area (Å²) in [5.41, 5.74) is 0.660. The van der Waals surface area contributed by atoms with Gasteiger partial charge in [0.15, 0.2) is 11.5 Å². The summed E-state index contributed by atoms with van der Waals surface area (Å²) in [6, 6.07) is 8.07. The van der Waals surface area contributed by atoms with Crippen molar-refractivity contribution in [1.29, 1.82) is 0 Å². The van der Waals surface area contributed by atoms with Crippen LogP contribution in [-0.4, -0.2) is 42.3 Å². The molecule has 2 aromatic rings. The Balaban J connectivity index is 1.78. The maximum Gasteiger partial charge on any atom is 0.373 e. The molecule has 1 aliphatic rings. The number of benzene rings is 1. The Bertz CT molecular complexity index is 1080. The number of hydrogen-bond donors (Lipinski definition) is 0. The van der Waals surface area contributed by atoms with Crippen LogP contribution in [0.3, 0.4) is 0 Å². The van der Waals surface area contributed by atoms with Gasteiger partial charge in [-0.25, -0.2) is 4.79 Å². The van der Waals surface area contributed by atoms with E-state index in [9.17, 15) is 14.4 Å². The molecule has 0 aliphatic carbocycles. The van der Waals surface area contributed by atoms with Crippen molar-refractivity contribution in [3.8, 4) is 23.8 Å². The summed E-state index contributed by atoms with van der Waals surface area (Å²) in [5, 5.41) is -0.439. The molecule has 2 amide bonds. The third kappa shape index (κ3) is 5.10. The lowest BCUT2D eigenvalue weighted by Crippen LogP contribution is -2.27. The van der Waals surface area contributed by atoms with Crippen LogP contribution in [-0.2, 0) is 16.1 Å². The topological polar surface area (TPSA) is 95.3 Å². The smallest absolute Gasteiger partial charge is 0.373 e. The minimum Gasteiger partial charge on any atom is -0.490 e. The number of methoxy groups -OCH3 is 1. The van der Waals surface area contributed by atoms with Crippen LogP contribution in [0, 0.1) is 12.3 Å².